The summed E-state index contributed by atoms with van der Waals surface area (Å²) in [6.45, 7) is 3.86. The fourth-order valence-corrected chi connectivity index (χ4v) is 2.46. The number of aliphatic carboxylic acids is 1. The zero-order chi connectivity index (χ0) is 13.8. The second kappa shape index (κ2) is 5.93. The predicted octanol–water partition coefficient (Wildman–Crippen LogP) is 3.28. The van der Waals surface area contributed by atoms with Crippen molar-refractivity contribution in [1.29, 1.82) is 0 Å². The summed E-state index contributed by atoms with van der Waals surface area (Å²) in [6, 6.07) is 7.89. The molecule has 0 saturated carbocycles. The zero-order valence-electron chi connectivity index (χ0n) is 10.8. The second-order valence-corrected chi connectivity index (χ2v) is 5.21. The van der Waals surface area contributed by atoms with Gasteiger partial charge in [-0.1, -0.05) is 18.2 Å². The quantitative estimate of drug-likeness (QED) is 0.908. The Bertz CT molecular complexity index is 592. The molecule has 0 amide bonds. The van der Waals surface area contributed by atoms with E-state index < -0.39 is 5.97 Å². The lowest BCUT2D eigenvalue weighted by molar-refractivity contribution is -0.133. The molecule has 0 aliphatic heterocycles. The van der Waals surface area contributed by atoms with Crippen LogP contribution in [0.4, 0.5) is 0 Å². The summed E-state index contributed by atoms with van der Waals surface area (Å²) < 4.78 is 5.67. The van der Waals surface area contributed by atoms with E-state index in [1.165, 1.54) is 11.8 Å². The van der Waals surface area contributed by atoms with Crippen molar-refractivity contribution in [3.8, 4) is 11.5 Å². The summed E-state index contributed by atoms with van der Waals surface area (Å²) in [5.41, 5.74) is 2.89. The molecule has 4 nitrogen and oxygen atoms in total. The molecule has 0 aliphatic rings. The maximum Gasteiger partial charge on any atom is 0.313 e. The average molecular weight is 277 g/mol. The number of benzene rings is 1. The Morgan fingerprint density at radius 2 is 2.11 bits per heavy atom. The molecule has 0 spiro atoms. The molecule has 0 saturated heterocycles. The van der Waals surface area contributed by atoms with Crippen molar-refractivity contribution in [1.82, 2.24) is 4.98 Å². The SMILES string of the molecule is Cc1ccccc1-c1nc(CSCC(=O)O)c(C)o1. The highest BCUT2D eigenvalue weighted by molar-refractivity contribution is 7.99. The van der Waals surface area contributed by atoms with Gasteiger partial charge in [0, 0.05) is 11.3 Å². The predicted molar refractivity (Wildman–Crippen MR) is 75.2 cm³/mol. The van der Waals surface area contributed by atoms with E-state index in [1.54, 1.807) is 0 Å². The van der Waals surface area contributed by atoms with Crippen molar-refractivity contribution in [2.75, 3.05) is 5.75 Å². The van der Waals surface area contributed by atoms with Crippen LogP contribution in [0.1, 0.15) is 17.0 Å². The van der Waals surface area contributed by atoms with E-state index >= 15 is 0 Å². The Balaban J connectivity index is 2.17. The molecule has 1 aromatic carbocycles. The molecule has 0 radical (unpaired) electrons. The van der Waals surface area contributed by atoms with Crippen molar-refractivity contribution in [3.63, 3.8) is 0 Å². The van der Waals surface area contributed by atoms with Crippen LogP contribution in [0, 0.1) is 13.8 Å². The largest absolute Gasteiger partial charge is 0.481 e. The van der Waals surface area contributed by atoms with E-state index in [0.717, 1.165) is 22.6 Å². The normalized spacial score (nSPS) is 10.6. The number of hydrogen-bond donors (Lipinski definition) is 1. The van der Waals surface area contributed by atoms with Crippen LogP contribution in [0.2, 0.25) is 0 Å². The van der Waals surface area contributed by atoms with Gasteiger partial charge in [0.2, 0.25) is 5.89 Å². The molecule has 5 heteroatoms. The van der Waals surface area contributed by atoms with Gasteiger partial charge >= 0.3 is 5.97 Å². The van der Waals surface area contributed by atoms with Gasteiger partial charge in [0.15, 0.2) is 0 Å². The third-order valence-corrected chi connectivity index (χ3v) is 3.66. The first-order chi connectivity index (χ1) is 9.08. The molecule has 0 aliphatic carbocycles. The summed E-state index contributed by atoms with van der Waals surface area (Å²) in [7, 11) is 0. The Morgan fingerprint density at radius 1 is 1.37 bits per heavy atom. The van der Waals surface area contributed by atoms with Crippen molar-refractivity contribution < 1.29 is 14.3 Å². The van der Waals surface area contributed by atoms with Crippen LogP contribution >= 0.6 is 11.8 Å². The molecular weight excluding hydrogens is 262 g/mol. The maximum atomic E-state index is 10.5. The van der Waals surface area contributed by atoms with E-state index in [2.05, 4.69) is 4.98 Å². The van der Waals surface area contributed by atoms with Crippen molar-refractivity contribution in [3.05, 3.63) is 41.3 Å². The van der Waals surface area contributed by atoms with E-state index in [4.69, 9.17) is 9.52 Å². The minimum absolute atomic E-state index is 0.0754. The number of carboxylic acid groups (broad SMARTS) is 1. The van der Waals surface area contributed by atoms with Crippen LogP contribution in [0.15, 0.2) is 28.7 Å². The molecule has 0 atom stereocenters. The molecule has 2 aromatic rings. The molecular formula is C14H15NO3S. The summed E-state index contributed by atoms with van der Waals surface area (Å²) in [6.07, 6.45) is 0. The first-order valence-electron chi connectivity index (χ1n) is 5.90. The Kier molecular flexibility index (Phi) is 4.27. The van der Waals surface area contributed by atoms with Crippen LogP contribution in [0.3, 0.4) is 0 Å². The van der Waals surface area contributed by atoms with E-state index in [9.17, 15) is 4.79 Å². The molecule has 0 unspecified atom stereocenters. The molecule has 19 heavy (non-hydrogen) atoms. The van der Waals surface area contributed by atoms with Gasteiger partial charge in [0.05, 0.1) is 11.4 Å². The van der Waals surface area contributed by atoms with Crippen molar-refractivity contribution in [2.45, 2.75) is 19.6 Å². The number of rotatable bonds is 5. The smallest absolute Gasteiger partial charge is 0.313 e. The molecule has 100 valence electrons. The van der Waals surface area contributed by atoms with Crippen LogP contribution < -0.4 is 0 Å². The molecule has 1 aromatic heterocycles. The molecule has 0 bridgehead atoms. The molecule has 0 fully saturated rings. The van der Waals surface area contributed by atoms with Gasteiger partial charge in [-0.2, -0.15) is 0 Å². The maximum absolute atomic E-state index is 10.5. The van der Waals surface area contributed by atoms with Gasteiger partial charge in [-0.3, -0.25) is 4.79 Å². The van der Waals surface area contributed by atoms with Crippen molar-refractivity contribution >= 4 is 17.7 Å². The van der Waals surface area contributed by atoms with Gasteiger partial charge in [-0.05, 0) is 25.5 Å². The summed E-state index contributed by atoms with van der Waals surface area (Å²) in [5.74, 6) is 1.16. The number of hydrogen-bond acceptors (Lipinski definition) is 4. The number of oxazole rings is 1. The van der Waals surface area contributed by atoms with E-state index in [-0.39, 0.29) is 5.75 Å². The fraction of sp³-hybridized carbons (Fsp3) is 0.286. The monoisotopic (exact) mass is 277 g/mol. The zero-order valence-corrected chi connectivity index (χ0v) is 11.7. The van der Waals surface area contributed by atoms with Crippen LogP contribution in [-0.4, -0.2) is 21.8 Å². The summed E-state index contributed by atoms with van der Waals surface area (Å²) in [4.78, 5) is 14.9. The van der Waals surface area contributed by atoms with Gasteiger partial charge in [-0.15, -0.1) is 11.8 Å². The number of aryl methyl sites for hydroxylation is 2. The second-order valence-electron chi connectivity index (χ2n) is 4.22. The average Bonchev–Trinajstić information content (AvgIpc) is 2.71. The third kappa shape index (κ3) is 3.38. The number of carbonyl (C=O) groups is 1. The minimum Gasteiger partial charge on any atom is -0.481 e. The Labute approximate surface area is 115 Å². The number of carboxylic acids is 1. The van der Waals surface area contributed by atoms with Crippen LogP contribution in [0.5, 0.6) is 0 Å². The lowest BCUT2D eigenvalue weighted by atomic mass is 10.1. The Morgan fingerprint density at radius 3 is 2.79 bits per heavy atom. The van der Waals surface area contributed by atoms with Gasteiger partial charge in [-0.25, -0.2) is 4.98 Å². The van der Waals surface area contributed by atoms with Gasteiger partial charge in [0.1, 0.15) is 5.76 Å². The number of aromatic nitrogens is 1. The van der Waals surface area contributed by atoms with Gasteiger partial charge in [0.25, 0.3) is 0 Å². The molecule has 1 N–H and O–H groups in total. The third-order valence-electron chi connectivity index (χ3n) is 2.73. The lowest BCUT2D eigenvalue weighted by Gasteiger charge is -1.99. The number of nitrogens with zero attached hydrogens (tertiary/aromatic N) is 1. The Hall–Kier alpha value is -1.75. The first kappa shape index (κ1) is 13.7. The highest BCUT2D eigenvalue weighted by atomic mass is 32.2. The lowest BCUT2D eigenvalue weighted by Crippen LogP contribution is -1.98. The van der Waals surface area contributed by atoms with Gasteiger partial charge < -0.3 is 9.52 Å². The molecule has 1 heterocycles. The standard InChI is InChI=1S/C14H15NO3S/c1-9-5-3-4-6-11(9)14-15-12(10(2)18-14)7-19-8-13(16)17/h3-6H,7-8H2,1-2H3,(H,16,17). The van der Waals surface area contributed by atoms with E-state index in [0.29, 0.717) is 11.6 Å². The van der Waals surface area contributed by atoms with Crippen LogP contribution in [0.25, 0.3) is 11.5 Å². The minimum atomic E-state index is -0.815. The topological polar surface area (TPSA) is 63.3 Å². The fourth-order valence-electron chi connectivity index (χ4n) is 1.73. The van der Waals surface area contributed by atoms with Crippen LogP contribution in [-0.2, 0) is 10.5 Å². The number of thioether (sulfide) groups is 1. The highest BCUT2D eigenvalue weighted by Gasteiger charge is 2.13. The molecule has 2 rings (SSSR count). The summed E-state index contributed by atoms with van der Waals surface area (Å²) in [5, 5.41) is 8.62. The summed E-state index contributed by atoms with van der Waals surface area (Å²) >= 11 is 1.32. The van der Waals surface area contributed by atoms with E-state index in [1.807, 2.05) is 38.1 Å². The van der Waals surface area contributed by atoms with Crippen molar-refractivity contribution in [2.24, 2.45) is 0 Å². The highest BCUT2D eigenvalue weighted by Crippen LogP contribution is 2.26. The first-order valence-corrected chi connectivity index (χ1v) is 7.05.